The van der Waals surface area contributed by atoms with Gasteiger partial charge in [-0.15, -0.1) is 11.3 Å². The summed E-state index contributed by atoms with van der Waals surface area (Å²) >= 11 is 1.56. The molecule has 1 N–H and O–H groups in total. The fourth-order valence-electron chi connectivity index (χ4n) is 4.67. The zero-order valence-electron chi connectivity index (χ0n) is 20.8. The molecule has 35 heavy (non-hydrogen) atoms. The first kappa shape index (κ1) is 23.7. The van der Waals surface area contributed by atoms with Gasteiger partial charge in [0.2, 0.25) is 5.91 Å². The van der Waals surface area contributed by atoms with E-state index in [1.807, 2.05) is 12.4 Å². The van der Waals surface area contributed by atoms with Gasteiger partial charge in [-0.1, -0.05) is 43.3 Å². The Morgan fingerprint density at radius 3 is 2.77 bits per heavy atom. The maximum absolute atomic E-state index is 13.2. The van der Waals surface area contributed by atoms with Gasteiger partial charge in [0, 0.05) is 42.5 Å². The number of thiazole rings is 1. The van der Waals surface area contributed by atoms with Gasteiger partial charge < -0.3 is 15.1 Å². The Labute approximate surface area is 211 Å². The number of aromatic nitrogens is 2. The molecule has 2 aliphatic rings. The minimum atomic E-state index is -0.450. The number of amides is 1. The van der Waals surface area contributed by atoms with Gasteiger partial charge in [-0.25, -0.2) is 9.97 Å². The smallest absolute Gasteiger partial charge is 0.236 e. The summed E-state index contributed by atoms with van der Waals surface area (Å²) in [6, 6.07) is 10.7. The minimum Gasteiger partial charge on any atom is -0.352 e. The molecule has 1 amide bonds. The number of carbonyl (C=O) groups is 1. The molecule has 1 saturated carbocycles. The van der Waals surface area contributed by atoms with Crippen molar-refractivity contribution in [3.63, 3.8) is 0 Å². The van der Waals surface area contributed by atoms with Gasteiger partial charge in [0.15, 0.2) is 5.13 Å². The van der Waals surface area contributed by atoms with Crippen LogP contribution in [-0.4, -0.2) is 54.5 Å². The van der Waals surface area contributed by atoms with Gasteiger partial charge in [0.05, 0.1) is 5.41 Å². The molecule has 182 valence electrons. The lowest BCUT2D eigenvalue weighted by Crippen LogP contribution is -2.27. The summed E-state index contributed by atoms with van der Waals surface area (Å²) in [7, 11) is 4.15. The third-order valence-corrected chi connectivity index (χ3v) is 7.97. The molecule has 0 atom stereocenters. The van der Waals surface area contributed by atoms with Crippen molar-refractivity contribution in [1.82, 2.24) is 14.9 Å². The Morgan fingerprint density at radius 2 is 2.03 bits per heavy atom. The molecule has 1 aliphatic heterocycles. The molecule has 1 aliphatic carbocycles. The zero-order chi connectivity index (χ0) is 24.4. The summed E-state index contributed by atoms with van der Waals surface area (Å²) in [5.41, 5.74) is 4.15. The fourth-order valence-corrected chi connectivity index (χ4v) is 5.42. The first-order chi connectivity index (χ1) is 17.0. The molecule has 0 radical (unpaired) electrons. The van der Waals surface area contributed by atoms with E-state index < -0.39 is 5.41 Å². The standard InChI is InChI=1S/C28H33N5OS/c1-4-24-19-30-27(35-24)31-26(34)28(11-12-28)23-9-7-8-20(17-23)22-16-21-10-15-33(25(21)29-18-22)14-6-5-13-32(2)3/h5-9,16-19H,4,10-15H2,1-3H3,(H,30,31,34)/b6-5+. The van der Waals surface area contributed by atoms with E-state index in [9.17, 15) is 4.79 Å². The second-order valence-corrected chi connectivity index (χ2v) is 10.9. The number of aryl methyl sites for hydroxylation is 1. The Bertz CT molecular complexity index is 1240. The number of hydrogen-bond donors (Lipinski definition) is 1. The zero-order valence-corrected chi connectivity index (χ0v) is 21.6. The van der Waals surface area contributed by atoms with E-state index in [0.29, 0.717) is 5.13 Å². The number of rotatable bonds is 9. The van der Waals surface area contributed by atoms with Crippen molar-refractivity contribution in [1.29, 1.82) is 0 Å². The number of anilines is 2. The van der Waals surface area contributed by atoms with E-state index in [1.54, 1.807) is 11.3 Å². The SMILES string of the molecule is CCc1cnc(NC(=O)C2(c3cccc(-c4cnc5c(c4)CCN5C/C=C/CN(C)C)c3)CC2)s1. The van der Waals surface area contributed by atoms with Crippen LogP contribution in [0, 0.1) is 0 Å². The molecule has 3 aromatic rings. The van der Waals surface area contributed by atoms with E-state index in [0.717, 1.165) is 67.8 Å². The van der Waals surface area contributed by atoms with Crippen molar-refractivity contribution in [2.24, 2.45) is 0 Å². The van der Waals surface area contributed by atoms with Gasteiger partial charge >= 0.3 is 0 Å². The molecule has 0 unspecified atom stereocenters. The number of pyridine rings is 1. The van der Waals surface area contributed by atoms with Crippen LogP contribution < -0.4 is 10.2 Å². The molecule has 3 heterocycles. The topological polar surface area (TPSA) is 61.4 Å². The second kappa shape index (κ2) is 9.91. The van der Waals surface area contributed by atoms with Gasteiger partial charge in [-0.3, -0.25) is 4.79 Å². The monoisotopic (exact) mass is 487 g/mol. The third-order valence-electron chi connectivity index (χ3n) is 6.91. The molecule has 0 spiro atoms. The molecule has 0 saturated heterocycles. The van der Waals surface area contributed by atoms with Crippen molar-refractivity contribution >= 4 is 28.2 Å². The van der Waals surface area contributed by atoms with Crippen LogP contribution >= 0.6 is 11.3 Å². The summed E-state index contributed by atoms with van der Waals surface area (Å²) in [6.07, 6.45) is 11.9. The summed E-state index contributed by atoms with van der Waals surface area (Å²) in [4.78, 5) is 28.1. The number of hydrogen-bond acceptors (Lipinski definition) is 6. The van der Waals surface area contributed by atoms with Gasteiger partial charge in [-0.2, -0.15) is 0 Å². The largest absolute Gasteiger partial charge is 0.352 e. The molecule has 5 rings (SSSR count). The summed E-state index contributed by atoms with van der Waals surface area (Å²) in [6.45, 7) is 4.94. The lowest BCUT2D eigenvalue weighted by Gasteiger charge is -2.17. The lowest BCUT2D eigenvalue weighted by atomic mass is 9.92. The molecule has 2 aromatic heterocycles. The quantitative estimate of drug-likeness (QED) is 0.434. The van der Waals surface area contributed by atoms with Gasteiger partial charge in [0.1, 0.15) is 5.82 Å². The molecule has 1 aromatic carbocycles. The third kappa shape index (κ3) is 5.02. The van der Waals surface area contributed by atoms with Crippen LogP contribution in [0.3, 0.4) is 0 Å². The Morgan fingerprint density at radius 1 is 1.17 bits per heavy atom. The first-order valence-corrected chi connectivity index (χ1v) is 13.2. The first-order valence-electron chi connectivity index (χ1n) is 12.4. The fraction of sp³-hybridized carbons (Fsp3) is 0.393. The van der Waals surface area contributed by atoms with E-state index in [4.69, 9.17) is 4.98 Å². The van der Waals surface area contributed by atoms with E-state index in [1.165, 1.54) is 10.4 Å². The highest BCUT2D eigenvalue weighted by atomic mass is 32.1. The molecule has 0 bridgehead atoms. The van der Waals surface area contributed by atoms with Gasteiger partial charge in [-0.05, 0) is 62.5 Å². The van der Waals surface area contributed by atoms with Crippen molar-refractivity contribution in [3.05, 3.63) is 70.9 Å². The molecular weight excluding hydrogens is 454 g/mol. The predicted molar refractivity (Wildman–Crippen MR) is 144 cm³/mol. The lowest BCUT2D eigenvalue weighted by molar-refractivity contribution is -0.118. The number of benzene rings is 1. The summed E-state index contributed by atoms with van der Waals surface area (Å²) in [5, 5.41) is 3.76. The normalized spacial score (nSPS) is 16.2. The molecule has 1 fully saturated rings. The number of nitrogens with zero attached hydrogens (tertiary/aromatic N) is 4. The van der Waals surface area contributed by atoms with Crippen LogP contribution in [0.4, 0.5) is 10.9 Å². The molecule has 6 nitrogen and oxygen atoms in total. The van der Waals surface area contributed by atoms with E-state index in [2.05, 4.69) is 83.6 Å². The highest BCUT2D eigenvalue weighted by Gasteiger charge is 2.51. The number of nitrogens with one attached hydrogen (secondary N) is 1. The number of carbonyl (C=O) groups excluding carboxylic acids is 1. The van der Waals surface area contributed by atoms with Crippen LogP contribution in [0.25, 0.3) is 11.1 Å². The minimum absolute atomic E-state index is 0.0525. The van der Waals surface area contributed by atoms with Crippen LogP contribution in [0.5, 0.6) is 0 Å². The van der Waals surface area contributed by atoms with Crippen molar-refractivity contribution < 1.29 is 4.79 Å². The Balaban J connectivity index is 1.31. The summed E-state index contributed by atoms with van der Waals surface area (Å²) in [5.74, 6) is 1.14. The van der Waals surface area contributed by atoms with Gasteiger partial charge in [0.25, 0.3) is 0 Å². The second-order valence-electron chi connectivity index (χ2n) is 9.74. The Kier molecular flexibility index (Phi) is 6.71. The highest BCUT2D eigenvalue weighted by molar-refractivity contribution is 7.15. The average molecular weight is 488 g/mol. The highest BCUT2D eigenvalue weighted by Crippen LogP contribution is 2.50. The van der Waals surface area contributed by atoms with Crippen LogP contribution in [0.1, 0.15) is 35.8 Å². The average Bonchev–Trinajstić information content (AvgIpc) is 3.40. The maximum Gasteiger partial charge on any atom is 0.236 e. The van der Waals surface area contributed by atoms with Crippen LogP contribution in [-0.2, 0) is 23.1 Å². The van der Waals surface area contributed by atoms with Crippen LogP contribution in [0.15, 0.2) is 54.9 Å². The van der Waals surface area contributed by atoms with Crippen molar-refractivity contribution in [2.45, 2.75) is 38.0 Å². The van der Waals surface area contributed by atoms with E-state index >= 15 is 0 Å². The number of fused-ring (bicyclic) bond motifs is 1. The Hall–Kier alpha value is -3.03. The predicted octanol–water partition coefficient (Wildman–Crippen LogP) is 4.92. The molecular formula is C28H33N5OS. The molecule has 7 heteroatoms. The van der Waals surface area contributed by atoms with Crippen molar-refractivity contribution in [2.75, 3.05) is 43.9 Å². The van der Waals surface area contributed by atoms with Crippen molar-refractivity contribution in [3.8, 4) is 11.1 Å². The summed E-state index contributed by atoms with van der Waals surface area (Å²) < 4.78 is 0. The van der Waals surface area contributed by atoms with Crippen LogP contribution in [0.2, 0.25) is 0 Å². The van der Waals surface area contributed by atoms with E-state index in [-0.39, 0.29) is 5.91 Å². The maximum atomic E-state index is 13.2. The number of likely N-dealkylation sites (N-methyl/N-ethyl adjacent to an activating group) is 1.